The average Bonchev–Trinajstić information content (AvgIpc) is 2.80. The van der Waals surface area contributed by atoms with Crippen LogP contribution >= 0.6 is 0 Å². The van der Waals surface area contributed by atoms with Gasteiger partial charge in [-0.3, -0.25) is 0 Å². The molecule has 4 heteroatoms. The number of para-hydroxylation sites is 1. The van der Waals surface area contributed by atoms with Crippen molar-refractivity contribution in [3.05, 3.63) is 89.7 Å². The van der Waals surface area contributed by atoms with Crippen molar-refractivity contribution in [3.8, 4) is 17.2 Å². The molecular formula is C28H33FO3. The quantitative estimate of drug-likeness (QED) is 0.273. The van der Waals surface area contributed by atoms with E-state index in [0.717, 1.165) is 24.3 Å². The van der Waals surface area contributed by atoms with Gasteiger partial charge in [0, 0.05) is 5.41 Å². The molecule has 0 amide bonds. The molecule has 3 rings (SSSR count). The fourth-order valence-corrected chi connectivity index (χ4v) is 3.38. The predicted octanol–water partition coefficient (Wildman–Crippen LogP) is 7.68. The number of halogens is 1. The van der Waals surface area contributed by atoms with Gasteiger partial charge in [-0.1, -0.05) is 70.0 Å². The minimum atomic E-state index is -0.394. The molecule has 0 N–H and O–H groups in total. The highest BCUT2D eigenvalue weighted by molar-refractivity contribution is 5.35. The van der Waals surface area contributed by atoms with E-state index in [1.807, 2.05) is 30.3 Å². The zero-order chi connectivity index (χ0) is 22.8. The molecule has 170 valence electrons. The third kappa shape index (κ3) is 7.10. The molecule has 0 radical (unpaired) electrons. The molecule has 0 heterocycles. The first-order valence-corrected chi connectivity index (χ1v) is 11.3. The van der Waals surface area contributed by atoms with E-state index in [9.17, 15) is 4.39 Å². The molecule has 0 saturated heterocycles. The van der Waals surface area contributed by atoms with Crippen molar-refractivity contribution in [2.24, 2.45) is 0 Å². The van der Waals surface area contributed by atoms with Gasteiger partial charge in [0.1, 0.15) is 11.5 Å². The summed E-state index contributed by atoms with van der Waals surface area (Å²) in [5.41, 5.74) is 1.89. The van der Waals surface area contributed by atoms with Gasteiger partial charge in [0.25, 0.3) is 0 Å². The molecule has 0 aromatic heterocycles. The number of rotatable bonds is 12. The van der Waals surface area contributed by atoms with Crippen molar-refractivity contribution in [2.75, 3.05) is 13.2 Å². The summed E-state index contributed by atoms with van der Waals surface area (Å²) in [6.45, 7) is 8.17. The Kier molecular flexibility index (Phi) is 8.69. The Labute approximate surface area is 191 Å². The number of unbranched alkanes of at least 4 members (excludes halogenated alkanes) is 2. The van der Waals surface area contributed by atoms with Gasteiger partial charge in [-0.2, -0.15) is 0 Å². The van der Waals surface area contributed by atoms with Crippen molar-refractivity contribution in [2.45, 2.75) is 52.1 Å². The van der Waals surface area contributed by atoms with Crippen molar-refractivity contribution < 1.29 is 18.6 Å². The highest BCUT2D eigenvalue weighted by atomic mass is 19.1. The van der Waals surface area contributed by atoms with E-state index < -0.39 is 5.82 Å². The van der Waals surface area contributed by atoms with Crippen LogP contribution in [0.25, 0.3) is 0 Å². The maximum absolute atomic E-state index is 14.2. The van der Waals surface area contributed by atoms with Crippen LogP contribution in [0.15, 0.2) is 72.8 Å². The van der Waals surface area contributed by atoms with Crippen LogP contribution in [-0.4, -0.2) is 13.2 Å². The van der Waals surface area contributed by atoms with Gasteiger partial charge in [-0.15, -0.1) is 0 Å². The molecule has 3 aromatic carbocycles. The summed E-state index contributed by atoms with van der Waals surface area (Å²) in [4.78, 5) is 0. The first-order valence-electron chi connectivity index (χ1n) is 11.3. The van der Waals surface area contributed by atoms with Crippen LogP contribution in [0.5, 0.6) is 17.2 Å². The van der Waals surface area contributed by atoms with E-state index in [0.29, 0.717) is 19.0 Å². The van der Waals surface area contributed by atoms with Gasteiger partial charge >= 0.3 is 0 Å². The lowest BCUT2D eigenvalue weighted by Gasteiger charge is -2.25. The summed E-state index contributed by atoms with van der Waals surface area (Å²) in [5, 5.41) is 0. The third-order valence-corrected chi connectivity index (χ3v) is 5.35. The molecule has 0 atom stereocenters. The van der Waals surface area contributed by atoms with Crippen molar-refractivity contribution in [1.29, 1.82) is 0 Å². The van der Waals surface area contributed by atoms with Crippen molar-refractivity contribution in [3.63, 3.8) is 0 Å². The number of hydrogen-bond donors (Lipinski definition) is 0. The van der Waals surface area contributed by atoms with Crippen LogP contribution in [0, 0.1) is 5.82 Å². The monoisotopic (exact) mass is 436 g/mol. The van der Waals surface area contributed by atoms with Gasteiger partial charge in [-0.25, -0.2) is 4.39 Å². The van der Waals surface area contributed by atoms with Gasteiger partial charge < -0.3 is 14.2 Å². The second kappa shape index (κ2) is 11.7. The van der Waals surface area contributed by atoms with Crippen LogP contribution < -0.4 is 9.47 Å². The second-order valence-corrected chi connectivity index (χ2v) is 8.64. The zero-order valence-corrected chi connectivity index (χ0v) is 19.3. The van der Waals surface area contributed by atoms with E-state index in [4.69, 9.17) is 14.2 Å². The second-order valence-electron chi connectivity index (χ2n) is 8.64. The predicted molar refractivity (Wildman–Crippen MR) is 127 cm³/mol. The molecule has 0 aliphatic heterocycles. The minimum Gasteiger partial charge on any atom is -0.494 e. The Morgan fingerprint density at radius 1 is 0.844 bits per heavy atom. The van der Waals surface area contributed by atoms with Crippen LogP contribution in [0.4, 0.5) is 4.39 Å². The lowest BCUT2D eigenvalue weighted by molar-refractivity contribution is 0.0823. The molecule has 0 saturated carbocycles. The Bertz CT molecular complexity index is 952. The van der Waals surface area contributed by atoms with Crippen LogP contribution in [0.1, 0.15) is 51.2 Å². The Balaban J connectivity index is 1.53. The third-order valence-electron chi connectivity index (χ3n) is 5.35. The molecule has 0 spiro atoms. The number of ether oxygens (including phenoxy) is 3. The van der Waals surface area contributed by atoms with E-state index in [1.54, 1.807) is 24.3 Å². The van der Waals surface area contributed by atoms with Gasteiger partial charge in [-0.05, 0) is 53.9 Å². The highest BCUT2D eigenvalue weighted by Crippen LogP contribution is 2.28. The van der Waals surface area contributed by atoms with Gasteiger partial charge in [0.15, 0.2) is 11.6 Å². The van der Waals surface area contributed by atoms with Crippen molar-refractivity contribution >= 4 is 0 Å². The molecule has 0 bridgehead atoms. The van der Waals surface area contributed by atoms with Crippen LogP contribution in [-0.2, 0) is 16.8 Å². The molecule has 3 aromatic rings. The lowest BCUT2D eigenvalue weighted by atomic mass is 9.85. The summed E-state index contributed by atoms with van der Waals surface area (Å²) >= 11 is 0. The largest absolute Gasteiger partial charge is 0.494 e. The summed E-state index contributed by atoms with van der Waals surface area (Å²) in [7, 11) is 0. The van der Waals surface area contributed by atoms with E-state index >= 15 is 0 Å². The average molecular weight is 437 g/mol. The molecule has 0 aliphatic rings. The van der Waals surface area contributed by atoms with Gasteiger partial charge in [0.05, 0.1) is 19.8 Å². The zero-order valence-electron chi connectivity index (χ0n) is 19.3. The topological polar surface area (TPSA) is 27.7 Å². The normalized spacial score (nSPS) is 11.4. The Morgan fingerprint density at radius 3 is 2.31 bits per heavy atom. The number of hydrogen-bond acceptors (Lipinski definition) is 3. The first kappa shape index (κ1) is 23.8. The molecule has 0 unspecified atom stereocenters. The van der Waals surface area contributed by atoms with Crippen molar-refractivity contribution in [1.82, 2.24) is 0 Å². The molecular weight excluding hydrogens is 403 g/mol. The smallest absolute Gasteiger partial charge is 0.165 e. The summed E-state index contributed by atoms with van der Waals surface area (Å²) in [6, 6.07) is 22.3. The Hall–Kier alpha value is -2.85. The molecule has 0 fully saturated rings. The maximum Gasteiger partial charge on any atom is 0.165 e. The van der Waals surface area contributed by atoms with E-state index in [1.165, 1.54) is 24.5 Å². The first-order chi connectivity index (χ1) is 15.5. The SMILES string of the molecule is CCCCCOc1ccc(C(C)(C)COCc2ccc(F)c(Oc3ccccc3)c2)cc1. The van der Waals surface area contributed by atoms with E-state index in [2.05, 4.69) is 32.9 Å². The van der Waals surface area contributed by atoms with E-state index in [-0.39, 0.29) is 11.2 Å². The van der Waals surface area contributed by atoms with Gasteiger partial charge in [0.2, 0.25) is 0 Å². The van der Waals surface area contributed by atoms with Crippen LogP contribution in [0.2, 0.25) is 0 Å². The molecule has 32 heavy (non-hydrogen) atoms. The molecule has 0 aliphatic carbocycles. The fraction of sp³-hybridized carbons (Fsp3) is 0.357. The summed E-state index contributed by atoms with van der Waals surface area (Å²) in [5.74, 6) is 1.31. The summed E-state index contributed by atoms with van der Waals surface area (Å²) < 4.78 is 31.6. The highest BCUT2D eigenvalue weighted by Gasteiger charge is 2.21. The lowest BCUT2D eigenvalue weighted by Crippen LogP contribution is -2.24. The molecule has 3 nitrogen and oxygen atoms in total. The standard InChI is InChI=1S/C28H33FO3/c1-4-5-9-18-31-24-15-13-23(14-16-24)28(2,3)21-30-20-22-12-17-26(29)27(19-22)32-25-10-7-6-8-11-25/h6-8,10-17,19H,4-5,9,18,20-21H2,1-3H3. The van der Waals surface area contributed by atoms with Crippen LogP contribution in [0.3, 0.4) is 0 Å². The number of benzene rings is 3. The summed E-state index contributed by atoms with van der Waals surface area (Å²) in [6.07, 6.45) is 3.46. The fourth-order valence-electron chi connectivity index (χ4n) is 3.38. The maximum atomic E-state index is 14.2. The Morgan fingerprint density at radius 2 is 1.59 bits per heavy atom. The minimum absolute atomic E-state index is 0.163.